The minimum absolute atomic E-state index is 0.169. The molecule has 1 N–H and O–H groups in total. The van der Waals surface area contributed by atoms with Gasteiger partial charge in [0, 0.05) is 19.6 Å². The van der Waals surface area contributed by atoms with Gasteiger partial charge in [-0.1, -0.05) is 51.1 Å². The quantitative estimate of drug-likeness (QED) is 0.575. The molecule has 3 rings (SSSR count). The molecule has 0 spiro atoms. The Bertz CT molecular complexity index is 642. The Labute approximate surface area is 153 Å². The van der Waals surface area contributed by atoms with Gasteiger partial charge in [0.15, 0.2) is 8.32 Å². The van der Waals surface area contributed by atoms with Gasteiger partial charge in [0.25, 0.3) is 0 Å². The molecule has 25 heavy (non-hydrogen) atoms. The normalized spacial score (nSPS) is 22.9. The van der Waals surface area contributed by atoms with Crippen LogP contribution in [-0.4, -0.2) is 37.0 Å². The van der Waals surface area contributed by atoms with Crippen LogP contribution in [0.1, 0.15) is 45.6 Å². The van der Waals surface area contributed by atoms with Crippen molar-refractivity contribution >= 4 is 8.32 Å². The van der Waals surface area contributed by atoms with E-state index >= 15 is 0 Å². The summed E-state index contributed by atoms with van der Waals surface area (Å²) in [5.41, 5.74) is 2.15. The zero-order valence-electron chi connectivity index (χ0n) is 16.4. The van der Waals surface area contributed by atoms with Crippen molar-refractivity contribution in [2.24, 2.45) is 0 Å². The van der Waals surface area contributed by atoms with Crippen molar-refractivity contribution in [3.8, 4) is 0 Å². The average molecular weight is 360 g/mol. The Kier molecular flexibility index (Phi) is 4.90. The molecule has 1 saturated carbocycles. The molecular formula is C21H33NO2Si. The van der Waals surface area contributed by atoms with E-state index in [1.807, 2.05) is 0 Å². The molecule has 1 aromatic carbocycles. The van der Waals surface area contributed by atoms with E-state index in [0.717, 1.165) is 38.9 Å². The van der Waals surface area contributed by atoms with Crippen molar-refractivity contribution in [2.75, 3.05) is 13.1 Å². The van der Waals surface area contributed by atoms with Gasteiger partial charge in [-0.2, -0.15) is 0 Å². The summed E-state index contributed by atoms with van der Waals surface area (Å²) < 4.78 is 6.64. The fraction of sp³-hybridized carbons (Fsp3) is 0.619. The molecule has 4 heteroatoms. The Morgan fingerprint density at radius 3 is 2.40 bits per heavy atom. The van der Waals surface area contributed by atoms with Gasteiger partial charge >= 0.3 is 0 Å². The molecular weight excluding hydrogens is 326 g/mol. The summed E-state index contributed by atoms with van der Waals surface area (Å²) in [5, 5.41) is 11.2. The van der Waals surface area contributed by atoms with E-state index in [9.17, 15) is 5.11 Å². The lowest BCUT2D eigenvalue weighted by atomic mass is 10.1. The molecule has 1 aliphatic heterocycles. The van der Waals surface area contributed by atoms with Crippen molar-refractivity contribution < 1.29 is 9.53 Å². The SMILES string of the molecule is CC(C)(C)[Si](C)(C)OC1(C(O)=C2CCN(Cc3ccccc3)C2)CC1. The Morgan fingerprint density at radius 1 is 1.20 bits per heavy atom. The van der Waals surface area contributed by atoms with E-state index in [2.05, 4.69) is 69.1 Å². The van der Waals surface area contributed by atoms with E-state index in [4.69, 9.17) is 4.43 Å². The first-order valence-electron chi connectivity index (χ1n) is 9.51. The second-order valence-electron chi connectivity index (χ2n) is 9.26. The molecule has 1 aromatic rings. The number of hydrogen-bond acceptors (Lipinski definition) is 3. The van der Waals surface area contributed by atoms with Gasteiger partial charge in [-0.25, -0.2) is 0 Å². The number of hydrogen-bond donors (Lipinski definition) is 1. The molecule has 0 amide bonds. The summed E-state index contributed by atoms with van der Waals surface area (Å²) in [6.45, 7) is 14.2. The van der Waals surface area contributed by atoms with Crippen LogP contribution in [0.25, 0.3) is 0 Å². The molecule has 0 atom stereocenters. The molecule has 0 radical (unpaired) electrons. The van der Waals surface area contributed by atoms with Crippen LogP contribution < -0.4 is 0 Å². The van der Waals surface area contributed by atoms with Crippen LogP contribution in [-0.2, 0) is 11.0 Å². The van der Waals surface area contributed by atoms with Crippen LogP contribution >= 0.6 is 0 Å². The van der Waals surface area contributed by atoms with Gasteiger partial charge in [0.05, 0.1) is 0 Å². The van der Waals surface area contributed by atoms with Gasteiger partial charge in [0.2, 0.25) is 0 Å². The highest BCUT2D eigenvalue weighted by molar-refractivity contribution is 6.74. The van der Waals surface area contributed by atoms with Crippen LogP contribution in [0.2, 0.25) is 18.1 Å². The lowest BCUT2D eigenvalue weighted by molar-refractivity contribution is 0.136. The maximum atomic E-state index is 11.0. The van der Waals surface area contributed by atoms with E-state index in [1.54, 1.807) is 0 Å². The van der Waals surface area contributed by atoms with Crippen LogP contribution in [0.5, 0.6) is 0 Å². The highest BCUT2D eigenvalue weighted by Gasteiger charge is 2.55. The van der Waals surface area contributed by atoms with E-state index in [-0.39, 0.29) is 10.6 Å². The highest BCUT2D eigenvalue weighted by atomic mass is 28.4. The first kappa shape index (κ1) is 18.7. The summed E-state index contributed by atoms with van der Waals surface area (Å²) in [4.78, 5) is 2.42. The second-order valence-corrected chi connectivity index (χ2v) is 14.0. The molecule has 0 aromatic heterocycles. The molecule has 0 unspecified atom stereocenters. The van der Waals surface area contributed by atoms with E-state index < -0.39 is 8.32 Å². The molecule has 1 saturated heterocycles. The molecule has 2 aliphatic rings. The lowest BCUT2D eigenvalue weighted by Crippen LogP contribution is -2.45. The smallest absolute Gasteiger partial charge is 0.193 e. The van der Waals surface area contributed by atoms with Crippen molar-refractivity contribution in [1.82, 2.24) is 4.90 Å². The average Bonchev–Trinajstić information content (AvgIpc) is 3.15. The fourth-order valence-electron chi connectivity index (χ4n) is 3.36. The van der Waals surface area contributed by atoms with Crippen LogP contribution in [0.4, 0.5) is 0 Å². The van der Waals surface area contributed by atoms with Crippen molar-refractivity contribution in [3.63, 3.8) is 0 Å². The molecule has 138 valence electrons. The summed E-state index contributed by atoms with van der Waals surface area (Å²) in [6, 6.07) is 10.6. The predicted molar refractivity (Wildman–Crippen MR) is 106 cm³/mol. The van der Waals surface area contributed by atoms with Gasteiger partial charge in [0.1, 0.15) is 11.4 Å². The first-order valence-corrected chi connectivity index (χ1v) is 12.4. The minimum atomic E-state index is -1.88. The van der Waals surface area contributed by atoms with Crippen LogP contribution in [0.3, 0.4) is 0 Å². The predicted octanol–water partition coefficient (Wildman–Crippen LogP) is 5.26. The molecule has 1 heterocycles. The highest BCUT2D eigenvalue weighted by Crippen LogP contribution is 2.52. The zero-order valence-corrected chi connectivity index (χ0v) is 17.4. The van der Waals surface area contributed by atoms with Crippen molar-refractivity contribution in [3.05, 3.63) is 47.2 Å². The van der Waals surface area contributed by atoms with Crippen LogP contribution in [0.15, 0.2) is 41.7 Å². The number of aliphatic hydroxyl groups is 1. The number of benzene rings is 1. The van der Waals surface area contributed by atoms with Gasteiger partial charge < -0.3 is 9.53 Å². The third-order valence-electron chi connectivity index (χ3n) is 6.12. The number of nitrogens with zero attached hydrogens (tertiary/aromatic N) is 1. The molecule has 2 fully saturated rings. The second kappa shape index (κ2) is 6.56. The van der Waals surface area contributed by atoms with Gasteiger partial charge in [-0.05, 0) is 48.5 Å². The summed E-state index contributed by atoms with van der Waals surface area (Å²) >= 11 is 0. The molecule has 3 nitrogen and oxygen atoms in total. The van der Waals surface area contributed by atoms with Crippen LogP contribution in [0, 0.1) is 0 Å². The third-order valence-corrected chi connectivity index (χ3v) is 10.6. The van der Waals surface area contributed by atoms with Crippen molar-refractivity contribution in [2.45, 2.75) is 70.3 Å². The number of aliphatic hydroxyl groups excluding tert-OH is 1. The van der Waals surface area contributed by atoms with Gasteiger partial charge in [-0.15, -0.1) is 0 Å². The number of likely N-dealkylation sites (tertiary alicyclic amines) is 1. The standard InChI is InChI=1S/C21H33NO2Si/c1-20(2,3)25(4,5)24-21(12-13-21)19(23)18-11-14-22(16-18)15-17-9-7-6-8-10-17/h6-10,23H,11-16H2,1-5H3. The lowest BCUT2D eigenvalue weighted by Gasteiger charge is -2.39. The molecule has 0 bridgehead atoms. The summed E-state index contributed by atoms with van der Waals surface area (Å²) in [7, 11) is -1.88. The Hall–Kier alpha value is -1.10. The Balaban J connectivity index is 1.69. The van der Waals surface area contributed by atoms with Gasteiger partial charge in [-0.3, -0.25) is 4.90 Å². The first-order chi connectivity index (χ1) is 11.6. The number of rotatable bonds is 5. The maximum absolute atomic E-state index is 11.0. The topological polar surface area (TPSA) is 32.7 Å². The maximum Gasteiger partial charge on any atom is 0.193 e. The minimum Gasteiger partial charge on any atom is -0.509 e. The monoisotopic (exact) mass is 359 g/mol. The van der Waals surface area contributed by atoms with Crippen molar-refractivity contribution in [1.29, 1.82) is 0 Å². The fourth-order valence-corrected chi connectivity index (χ4v) is 4.94. The van der Waals surface area contributed by atoms with E-state index in [1.165, 1.54) is 11.1 Å². The summed E-state index contributed by atoms with van der Waals surface area (Å²) in [6.07, 6.45) is 2.89. The Morgan fingerprint density at radius 2 is 1.84 bits per heavy atom. The third kappa shape index (κ3) is 4.02. The largest absolute Gasteiger partial charge is 0.509 e. The zero-order chi connectivity index (χ0) is 18.3. The van der Waals surface area contributed by atoms with E-state index in [0.29, 0.717) is 5.76 Å². The molecule has 1 aliphatic carbocycles. The summed E-state index contributed by atoms with van der Waals surface area (Å²) in [5.74, 6) is 0.549.